The van der Waals surface area contributed by atoms with E-state index in [1.807, 2.05) is 35.7 Å². The minimum Gasteiger partial charge on any atom is -0.496 e. The van der Waals surface area contributed by atoms with Crippen LogP contribution in [0.1, 0.15) is 11.1 Å². The van der Waals surface area contributed by atoms with Crippen LogP contribution < -0.4 is 4.74 Å². The molecule has 0 saturated heterocycles. The molecule has 0 atom stereocenters. The highest BCUT2D eigenvalue weighted by Gasteiger charge is 2.18. The molecule has 0 bridgehead atoms. The van der Waals surface area contributed by atoms with Crippen molar-refractivity contribution >= 4 is 28.8 Å². The number of benzene rings is 2. The van der Waals surface area contributed by atoms with E-state index >= 15 is 0 Å². The standard InChI is InChI=1S/C21H18N4O3S2/c1-28-18-10-9-17(25(26)27)12-16(18)14-30-21-23-22-20(19-8-5-11-29-19)24(21)13-15-6-3-2-4-7-15/h2-12H,13-14H2,1H3. The van der Waals surface area contributed by atoms with E-state index < -0.39 is 4.92 Å². The van der Waals surface area contributed by atoms with Crippen LogP contribution in [-0.4, -0.2) is 26.8 Å². The summed E-state index contributed by atoms with van der Waals surface area (Å²) in [6, 6.07) is 18.8. The van der Waals surface area contributed by atoms with Gasteiger partial charge in [0.1, 0.15) is 5.75 Å². The first-order valence-electron chi connectivity index (χ1n) is 9.11. The van der Waals surface area contributed by atoms with Crippen molar-refractivity contribution in [3.63, 3.8) is 0 Å². The monoisotopic (exact) mass is 438 g/mol. The highest BCUT2D eigenvalue weighted by molar-refractivity contribution is 7.98. The van der Waals surface area contributed by atoms with Crippen molar-refractivity contribution in [3.8, 4) is 16.5 Å². The molecule has 2 aromatic carbocycles. The van der Waals surface area contributed by atoms with Crippen molar-refractivity contribution in [3.05, 3.63) is 87.3 Å². The second-order valence-corrected chi connectivity index (χ2v) is 8.29. The minimum atomic E-state index is -0.402. The zero-order valence-electron chi connectivity index (χ0n) is 16.1. The molecule has 0 saturated carbocycles. The van der Waals surface area contributed by atoms with Gasteiger partial charge in [-0.15, -0.1) is 21.5 Å². The van der Waals surface area contributed by atoms with Crippen LogP contribution in [0, 0.1) is 10.1 Å². The Kier molecular flexibility index (Phi) is 6.10. The fraction of sp³-hybridized carbons (Fsp3) is 0.143. The molecule has 30 heavy (non-hydrogen) atoms. The van der Waals surface area contributed by atoms with Gasteiger partial charge in [0.05, 0.1) is 23.5 Å². The predicted molar refractivity (Wildman–Crippen MR) is 118 cm³/mol. The summed E-state index contributed by atoms with van der Waals surface area (Å²) in [5.74, 6) is 1.89. The van der Waals surface area contributed by atoms with Crippen LogP contribution in [0.5, 0.6) is 5.75 Å². The fourth-order valence-electron chi connectivity index (χ4n) is 3.03. The summed E-state index contributed by atoms with van der Waals surface area (Å²) in [4.78, 5) is 11.8. The van der Waals surface area contributed by atoms with Crippen LogP contribution in [0.25, 0.3) is 10.7 Å². The van der Waals surface area contributed by atoms with E-state index in [1.165, 1.54) is 17.8 Å². The molecular formula is C21H18N4O3S2. The van der Waals surface area contributed by atoms with Gasteiger partial charge >= 0.3 is 0 Å². The molecule has 0 aliphatic carbocycles. The lowest BCUT2D eigenvalue weighted by Crippen LogP contribution is -2.04. The van der Waals surface area contributed by atoms with E-state index in [4.69, 9.17) is 4.74 Å². The average molecular weight is 439 g/mol. The Morgan fingerprint density at radius 1 is 1.13 bits per heavy atom. The number of ether oxygens (including phenoxy) is 1. The number of thiophene rings is 1. The largest absolute Gasteiger partial charge is 0.496 e. The quantitative estimate of drug-likeness (QED) is 0.212. The lowest BCUT2D eigenvalue weighted by atomic mass is 10.2. The van der Waals surface area contributed by atoms with Crippen LogP contribution in [-0.2, 0) is 12.3 Å². The molecule has 2 heterocycles. The highest BCUT2D eigenvalue weighted by Crippen LogP contribution is 2.33. The molecule has 152 valence electrons. The summed E-state index contributed by atoms with van der Waals surface area (Å²) in [5.41, 5.74) is 1.92. The molecule has 0 aliphatic rings. The second-order valence-electron chi connectivity index (χ2n) is 6.40. The second kappa shape index (κ2) is 9.10. The molecule has 4 rings (SSSR count). The molecule has 9 heteroatoms. The van der Waals surface area contributed by atoms with Crippen molar-refractivity contribution in [1.82, 2.24) is 14.8 Å². The SMILES string of the molecule is COc1ccc([N+](=O)[O-])cc1CSc1nnc(-c2cccs2)n1Cc1ccccc1. The van der Waals surface area contributed by atoms with Crippen molar-refractivity contribution in [2.24, 2.45) is 0 Å². The van der Waals surface area contributed by atoms with Gasteiger partial charge in [0.15, 0.2) is 11.0 Å². The zero-order chi connectivity index (χ0) is 20.9. The Hall–Kier alpha value is -3.17. The maximum atomic E-state index is 11.2. The van der Waals surface area contributed by atoms with E-state index in [2.05, 4.69) is 26.9 Å². The smallest absolute Gasteiger partial charge is 0.270 e. The van der Waals surface area contributed by atoms with E-state index in [1.54, 1.807) is 30.6 Å². The van der Waals surface area contributed by atoms with Crippen molar-refractivity contribution < 1.29 is 9.66 Å². The maximum Gasteiger partial charge on any atom is 0.270 e. The number of nitro groups is 1. The molecule has 0 unspecified atom stereocenters. The first-order valence-corrected chi connectivity index (χ1v) is 11.0. The normalized spacial score (nSPS) is 10.8. The van der Waals surface area contributed by atoms with Crippen LogP contribution in [0.3, 0.4) is 0 Å². The molecule has 0 fully saturated rings. The highest BCUT2D eigenvalue weighted by atomic mass is 32.2. The molecule has 2 aromatic heterocycles. The number of rotatable bonds is 8. The predicted octanol–water partition coefficient (Wildman–Crippen LogP) is 5.26. The van der Waals surface area contributed by atoms with Gasteiger partial charge in [-0.05, 0) is 23.1 Å². The number of hydrogen-bond acceptors (Lipinski definition) is 7. The lowest BCUT2D eigenvalue weighted by Gasteiger charge is -2.11. The Labute approximate surface area is 181 Å². The van der Waals surface area contributed by atoms with Gasteiger partial charge in [-0.1, -0.05) is 48.2 Å². The Balaban J connectivity index is 1.65. The number of thioether (sulfide) groups is 1. The average Bonchev–Trinajstić information content (AvgIpc) is 3.43. The molecular weight excluding hydrogens is 420 g/mol. The minimum absolute atomic E-state index is 0.0384. The molecule has 0 spiro atoms. The fourth-order valence-corrected chi connectivity index (χ4v) is 4.66. The third-order valence-corrected chi connectivity index (χ3v) is 6.35. The van der Waals surface area contributed by atoms with Crippen LogP contribution in [0.4, 0.5) is 5.69 Å². The summed E-state index contributed by atoms with van der Waals surface area (Å²) >= 11 is 3.09. The zero-order valence-corrected chi connectivity index (χ0v) is 17.7. The van der Waals surface area contributed by atoms with Crippen molar-refractivity contribution in [1.29, 1.82) is 0 Å². The lowest BCUT2D eigenvalue weighted by molar-refractivity contribution is -0.384. The summed E-state index contributed by atoms with van der Waals surface area (Å²) in [6.07, 6.45) is 0. The summed E-state index contributed by atoms with van der Waals surface area (Å²) in [5, 5.41) is 22.7. The molecule has 0 aliphatic heterocycles. The van der Waals surface area contributed by atoms with Gasteiger partial charge < -0.3 is 4.74 Å². The number of methoxy groups -OCH3 is 1. The van der Waals surface area contributed by atoms with Gasteiger partial charge in [-0.3, -0.25) is 14.7 Å². The number of nitro benzene ring substituents is 1. The van der Waals surface area contributed by atoms with Gasteiger partial charge in [-0.25, -0.2) is 0 Å². The van der Waals surface area contributed by atoms with Crippen molar-refractivity contribution in [2.75, 3.05) is 7.11 Å². The number of non-ortho nitro benzene ring substituents is 1. The van der Waals surface area contributed by atoms with E-state index in [0.717, 1.165) is 27.0 Å². The molecule has 7 nitrogen and oxygen atoms in total. The Bertz CT molecular complexity index is 1140. The van der Waals surface area contributed by atoms with Crippen LogP contribution in [0.2, 0.25) is 0 Å². The summed E-state index contributed by atoms with van der Waals surface area (Å²) in [6.45, 7) is 0.634. The van der Waals surface area contributed by atoms with Gasteiger partial charge in [0.2, 0.25) is 0 Å². The van der Waals surface area contributed by atoms with Crippen molar-refractivity contribution in [2.45, 2.75) is 17.5 Å². The van der Waals surface area contributed by atoms with Crippen LogP contribution >= 0.6 is 23.1 Å². The number of hydrogen-bond donors (Lipinski definition) is 0. The van der Waals surface area contributed by atoms with E-state index in [0.29, 0.717) is 18.0 Å². The molecule has 0 amide bonds. The molecule has 0 N–H and O–H groups in total. The first kappa shape index (κ1) is 20.1. The summed E-state index contributed by atoms with van der Waals surface area (Å²) < 4.78 is 7.46. The summed E-state index contributed by atoms with van der Waals surface area (Å²) in [7, 11) is 1.56. The molecule has 0 radical (unpaired) electrons. The number of nitrogens with zero attached hydrogens (tertiary/aromatic N) is 4. The van der Waals surface area contributed by atoms with E-state index in [9.17, 15) is 10.1 Å². The van der Waals surface area contributed by atoms with Gasteiger partial charge in [0.25, 0.3) is 5.69 Å². The van der Waals surface area contributed by atoms with Crippen LogP contribution in [0.15, 0.2) is 71.2 Å². The topological polar surface area (TPSA) is 83.1 Å². The maximum absolute atomic E-state index is 11.2. The third kappa shape index (κ3) is 4.37. The van der Waals surface area contributed by atoms with Gasteiger partial charge in [-0.2, -0.15) is 0 Å². The molecule has 4 aromatic rings. The Morgan fingerprint density at radius 3 is 2.67 bits per heavy atom. The third-order valence-electron chi connectivity index (χ3n) is 4.47. The van der Waals surface area contributed by atoms with E-state index in [-0.39, 0.29) is 5.69 Å². The Morgan fingerprint density at radius 2 is 1.97 bits per heavy atom. The van der Waals surface area contributed by atoms with Gasteiger partial charge in [0, 0.05) is 23.4 Å². The number of aromatic nitrogens is 3. The first-order chi connectivity index (χ1) is 14.7.